The van der Waals surface area contributed by atoms with Crippen LogP contribution < -0.4 is 10.3 Å². The minimum absolute atomic E-state index is 0.135. The average molecular weight is 473 g/mol. The highest BCUT2D eigenvalue weighted by molar-refractivity contribution is 7.91. The molecular formula is C21H16F5NO4S. The number of hydrogen-bond acceptors (Lipinski definition) is 4. The van der Waals surface area contributed by atoms with Crippen LogP contribution in [0.3, 0.4) is 0 Å². The molecule has 0 amide bonds. The fourth-order valence-electron chi connectivity index (χ4n) is 2.92. The van der Waals surface area contributed by atoms with E-state index in [2.05, 4.69) is 0 Å². The third-order valence-corrected chi connectivity index (χ3v) is 6.34. The first-order chi connectivity index (χ1) is 14.8. The minimum atomic E-state index is -4.97. The Labute approximate surface area is 179 Å². The molecule has 0 spiro atoms. The Kier molecular flexibility index (Phi) is 6.14. The second kappa shape index (κ2) is 8.38. The van der Waals surface area contributed by atoms with Crippen LogP contribution in [0, 0.1) is 11.6 Å². The predicted octanol–water partition coefficient (Wildman–Crippen LogP) is 4.94. The summed E-state index contributed by atoms with van der Waals surface area (Å²) in [6.07, 6.45) is -3.90. The largest absolute Gasteiger partial charge is 0.454 e. The van der Waals surface area contributed by atoms with Crippen molar-refractivity contribution in [2.24, 2.45) is 7.05 Å². The van der Waals surface area contributed by atoms with Crippen LogP contribution >= 0.6 is 0 Å². The molecule has 0 saturated carbocycles. The average Bonchev–Trinajstić information content (AvgIpc) is 2.71. The third kappa shape index (κ3) is 4.67. The Morgan fingerprint density at radius 2 is 1.66 bits per heavy atom. The molecule has 3 rings (SSSR count). The van der Waals surface area contributed by atoms with Crippen LogP contribution in [0.5, 0.6) is 11.5 Å². The molecule has 11 heteroatoms. The molecule has 5 nitrogen and oxygen atoms in total. The first kappa shape index (κ1) is 23.5. The number of aromatic nitrogens is 1. The number of rotatable bonds is 5. The Bertz CT molecular complexity index is 1350. The van der Waals surface area contributed by atoms with Crippen molar-refractivity contribution in [3.8, 4) is 22.6 Å². The van der Waals surface area contributed by atoms with Gasteiger partial charge in [-0.3, -0.25) is 4.79 Å². The van der Waals surface area contributed by atoms with Crippen molar-refractivity contribution in [3.63, 3.8) is 0 Å². The Morgan fingerprint density at radius 1 is 1.00 bits per heavy atom. The van der Waals surface area contributed by atoms with Crippen molar-refractivity contribution >= 4 is 9.84 Å². The normalized spacial score (nSPS) is 12.1. The molecule has 0 aliphatic rings. The summed E-state index contributed by atoms with van der Waals surface area (Å²) < 4.78 is 98.1. The zero-order chi connectivity index (χ0) is 23.8. The van der Waals surface area contributed by atoms with Gasteiger partial charge in [0.05, 0.1) is 10.6 Å². The number of nitrogens with zero attached hydrogens (tertiary/aromatic N) is 1. The maximum absolute atomic E-state index is 14.1. The molecule has 1 heterocycles. The molecule has 2 aromatic carbocycles. The number of ether oxygens (including phenoxy) is 1. The van der Waals surface area contributed by atoms with E-state index in [9.17, 15) is 35.2 Å². The Morgan fingerprint density at radius 3 is 2.25 bits per heavy atom. The van der Waals surface area contributed by atoms with Crippen molar-refractivity contribution in [3.05, 3.63) is 76.2 Å². The highest BCUT2D eigenvalue weighted by Crippen LogP contribution is 2.38. The fraction of sp³-hybridized carbons (Fsp3) is 0.190. The number of halogens is 5. The van der Waals surface area contributed by atoms with Crippen LogP contribution in [0.25, 0.3) is 11.1 Å². The lowest BCUT2D eigenvalue weighted by atomic mass is 10.0. The molecule has 0 radical (unpaired) electrons. The van der Waals surface area contributed by atoms with Crippen molar-refractivity contribution in [2.45, 2.75) is 18.0 Å². The molecule has 0 unspecified atom stereocenters. The standard InChI is InChI=1S/C21H16F5NO4S/c1-3-32(29,30)14-5-7-18(31-19-6-4-13(22)9-17(19)23)15(10-14)12-8-16(21(24,25)26)20(28)27(2)11-12/h4-11H,3H2,1-2H3. The SMILES string of the molecule is CCS(=O)(=O)c1ccc(Oc2ccc(F)cc2F)c(-c2cc(C(F)(F)F)c(=O)n(C)c2)c1. The third-order valence-electron chi connectivity index (χ3n) is 4.60. The van der Waals surface area contributed by atoms with Gasteiger partial charge in [0.25, 0.3) is 5.56 Å². The molecule has 0 aliphatic carbocycles. The number of hydrogen-bond donors (Lipinski definition) is 0. The second-order valence-electron chi connectivity index (χ2n) is 6.79. The van der Waals surface area contributed by atoms with E-state index in [-0.39, 0.29) is 27.5 Å². The molecule has 3 aromatic rings. The zero-order valence-electron chi connectivity index (χ0n) is 16.7. The van der Waals surface area contributed by atoms with Crippen molar-refractivity contribution in [1.82, 2.24) is 4.57 Å². The van der Waals surface area contributed by atoms with Gasteiger partial charge in [0.2, 0.25) is 0 Å². The van der Waals surface area contributed by atoms with E-state index in [0.717, 1.165) is 43.6 Å². The first-order valence-corrected chi connectivity index (χ1v) is 10.8. The van der Waals surface area contributed by atoms with Gasteiger partial charge in [0.1, 0.15) is 17.1 Å². The highest BCUT2D eigenvalue weighted by Gasteiger charge is 2.35. The quantitative estimate of drug-likeness (QED) is 0.493. The number of benzene rings is 2. The fourth-order valence-corrected chi connectivity index (χ4v) is 3.83. The van der Waals surface area contributed by atoms with Gasteiger partial charge in [-0.15, -0.1) is 0 Å². The van der Waals surface area contributed by atoms with Gasteiger partial charge in [-0.25, -0.2) is 17.2 Å². The number of alkyl halides is 3. The molecule has 170 valence electrons. The van der Waals surface area contributed by atoms with E-state index < -0.39 is 44.5 Å². The monoisotopic (exact) mass is 473 g/mol. The summed E-state index contributed by atoms with van der Waals surface area (Å²) in [5.74, 6) is -2.85. The van der Waals surface area contributed by atoms with E-state index in [1.54, 1.807) is 0 Å². The molecule has 0 N–H and O–H groups in total. The van der Waals surface area contributed by atoms with Crippen LogP contribution in [0.1, 0.15) is 12.5 Å². The van der Waals surface area contributed by atoms with E-state index in [0.29, 0.717) is 16.7 Å². The van der Waals surface area contributed by atoms with Crippen molar-refractivity contribution in [1.29, 1.82) is 0 Å². The minimum Gasteiger partial charge on any atom is -0.454 e. The smallest absolute Gasteiger partial charge is 0.421 e. The summed E-state index contributed by atoms with van der Waals surface area (Å²) in [6.45, 7) is 1.39. The molecular weight excluding hydrogens is 457 g/mol. The van der Waals surface area contributed by atoms with Crippen LogP contribution in [0.2, 0.25) is 0 Å². The van der Waals surface area contributed by atoms with E-state index in [4.69, 9.17) is 4.74 Å². The van der Waals surface area contributed by atoms with Gasteiger partial charge >= 0.3 is 6.18 Å². The van der Waals surface area contributed by atoms with Gasteiger partial charge < -0.3 is 9.30 Å². The molecule has 32 heavy (non-hydrogen) atoms. The van der Waals surface area contributed by atoms with Gasteiger partial charge in [-0.05, 0) is 36.4 Å². The van der Waals surface area contributed by atoms with Gasteiger partial charge in [0.15, 0.2) is 21.4 Å². The van der Waals surface area contributed by atoms with Gasteiger partial charge in [0, 0.05) is 30.4 Å². The zero-order valence-corrected chi connectivity index (χ0v) is 17.5. The van der Waals surface area contributed by atoms with Crippen LogP contribution in [0.15, 0.2) is 58.4 Å². The van der Waals surface area contributed by atoms with E-state index in [1.807, 2.05) is 0 Å². The van der Waals surface area contributed by atoms with Crippen LogP contribution in [-0.4, -0.2) is 18.7 Å². The molecule has 1 aromatic heterocycles. The summed E-state index contributed by atoms with van der Waals surface area (Å²) in [5, 5.41) is 0. The number of sulfone groups is 1. The number of pyridine rings is 1. The van der Waals surface area contributed by atoms with E-state index >= 15 is 0 Å². The maximum atomic E-state index is 14.1. The summed E-state index contributed by atoms with van der Waals surface area (Å²) in [7, 11) is -2.65. The second-order valence-corrected chi connectivity index (χ2v) is 9.07. The summed E-state index contributed by atoms with van der Waals surface area (Å²) >= 11 is 0. The summed E-state index contributed by atoms with van der Waals surface area (Å²) in [5.41, 5.74) is -3.10. The van der Waals surface area contributed by atoms with Crippen molar-refractivity contribution < 1.29 is 35.1 Å². The van der Waals surface area contributed by atoms with Gasteiger partial charge in [-0.1, -0.05) is 6.92 Å². The van der Waals surface area contributed by atoms with Crippen LogP contribution in [-0.2, 0) is 23.1 Å². The lowest BCUT2D eigenvalue weighted by Crippen LogP contribution is -2.26. The number of aryl methyl sites for hydroxylation is 1. The molecule has 0 bridgehead atoms. The molecule has 0 saturated heterocycles. The van der Waals surface area contributed by atoms with Gasteiger partial charge in [-0.2, -0.15) is 13.2 Å². The Hall–Kier alpha value is -3.21. The predicted molar refractivity (Wildman–Crippen MR) is 106 cm³/mol. The molecule has 0 fully saturated rings. The van der Waals surface area contributed by atoms with E-state index in [1.165, 1.54) is 6.92 Å². The summed E-state index contributed by atoms with van der Waals surface area (Å²) in [6, 6.07) is 6.40. The lowest BCUT2D eigenvalue weighted by Gasteiger charge is -2.16. The molecule has 0 aliphatic heterocycles. The Balaban J connectivity index is 2.28. The maximum Gasteiger partial charge on any atom is 0.421 e. The molecule has 0 atom stereocenters. The lowest BCUT2D eigenvalue weighted by molar-refractivity contribution is -0.138. The van der Waals surface area contributed by atoms with Crippen molar-refractivity contribution in [2.75, 3.05) is 5.75 Å². The topological polar surface area (TPSA) is 65.4 Å². The first-order valence-electron chi connectivity index (χ1n) is 9.11. The summed E-state index contributed by atoms with van der Waals surface area (Å²) in [4.78, 5) is 11.8. The van der Waals surface area contributed by atoms with Crippen LogP contribution in [0.4, 0.5) is 22.0 Å². The highest BCUT2D eigenvalue weighted by atomic mass is 32.2.